The highest BCUT2D eigenvalue weighted by molar-refractivity contribution is 9.10. The smallest absolute Gasteiger partial charge is 0.0565 e. The summed E-state index contributed by atoms with van der Waals surface area (Å²) >= 11 is 9.77. The zero-order valence-corrected chi connectivity index (χ0v) is 13.6. The molecule has 1 unspecified atom stereocenters. The summed E-state index contributed by atoms with van der Waals surface area (Å²) in [6.45, 7) is 6.12. The van der Waals surface area contributed by atoms with Crippen LogP contribution in [0.4, 0.5) is 0 Å². The van der Waals surface area contributed by atoms with Gasteiger partial charge in [0.25, 0.3) is 0 Å². The van der Waals surface area contributed by atoms with Crippen molar-refractivity contribution in [3.05, 3.63) is 67.6 Å². The summed E-state index contributed by atoms with van der Waals surface area (Å²) in [5.41, 5.74) is 12.0. The van der Waals surface area contributed by atoms with Crippen molar-refractivity contribution in [1.82, 2.24) is 0 Å². The highest BCUT2D eigenvalue weighted by Gasteiger charge is 2.16. The van der Waals surface area contributed by atoms with Crippen LogP contribution < -0.4 is 5.73 Å². The van der Waals surface area contributed by atoms with Crippen LogP contribution in [0.5, 0.6) is 0 Å². The summed E-state index contributed by atoms with van der Waals surface area (Å²) in [5, 5.41) is 0.789. The molecule has 0 heterocycles. The molecular weight excluding hydrogens is 322 g/mol. The van der Waals surface area contributed by atoms with E-state index in [0.717, 1.165) is 31.7 Å². The van der Waals surface area contributed by atoms with Crippen LogP contribution in [0.3, 0.4) is 0 Å². The molecule has 0 aliphatic heterocycles. The van der Waals surface area contributed by atoms with Crippen molar-refractivity contribution in [1.29, 1.82) is 0 Å². The maximum Gasteiger partial charge on any atom is 0.0565 e. The van der Waals surface area contributed by atoms with E-state index >= 15 is 0 Å². The summed E-state index contributed by atoms with van der Waals surface area (Å²) in [6, 6.07) is 10.1. The van der Waals surface area contributed by atoms with E-state index in [2.05, 4.69) is 41.1 Å². The Hall–Kier alpha value is -0.830. The van der Waals surface area contributed by atoms with Crippen LogP contribution in [0.25, 0.3) is 0 Å². The lowest BCUT2D eigenvalue weighted by Gasteiger charge is -2.19. The number of aryl methyl sites for hydroxylation is 3. The van der Waals surface area contributed by atoms with Gasteiger partial charge in [0.2, 0.25) is 0 Å². The summed E-state index contributed by atoms with van der Waals surface area (Å²) in [5.74, 6) is 0. The van der Waals surface area contributed by atoms with Crippen LogP contribution in [0.15, 0.2) is 34.8 Å². The van der Waals surface area contributed by atoms with Crippen LogP contribution >= 0.6 is 27.5 Å². The average Bonchev–Trinajstić information content (AvgIpc) is 2.36. The lowest BCUT2D eigenvalue weighted by Crippen LogP contribution is -2.14. The Morgan fingerprint density at radius 2 is 1.68 bits per heavy atom. The van der Waals surface area contributed by atoms with Gasteiger partial charge < -0.3 is 5.73 Å². The predicted octanol–water partition coefficient (Wildman–Crippen LogP) is 5.08. The molecule has 0 aliphatic rings. The lowest BCUT2D eigenvalue weighted by molar-refractivity contribution is 0.852. The maximum absolute atomic E-state index is 6.43. The molecular formula is C16H17BrClN. The number of hydrogen-bond donors (Lipinski definition) is 1. The summed E-state index contributed by atoms with van der Waals surface area (Å²) in [4.78, 5) is 0. The van der Waals surface area contributed by atoms with Gasteiger partial charge in [-0.05, 0) is 54.7 Å². The van der Waals surface area contributed by atoms with Crippen LogP contribution in [-0.2, 0) is 0 Å². The number of benzene rings is 2. The van der Waals surface area contributed by atoms with Gasteiger partial charge in [0.05, 0.1) is 6.04 Å². The maximum atomic E-state index is 6.43. The van der Waals surface area contributed by atoms with Crippen molar-refractivity contribution in [2.45, 2.75) is 26.8 Å². The van der Waals surface area contributed by atoms with Crippen molar-refractivity contribution < 1.29 is 0 Å². The van der Waals surface area contributed by atoms with Crippen LogP contribution in [0.2, 0.25) is 5.02 Å². The van der Waals surface area contributed by atoms with E-state index in [1.54, 1.807) is 0 Å². The Balaban J connectivity index is 2.53. The molecule has 0 aliphatic carbocycles. The zero-order valence-electron chi connectivity index (χ0n) is 11.3. The Labute approximate surface area is 127 Å². The highest BCUT2D eigenvalue weighted by atomic mass is 79.9. The van der Waals surface area contributed by atoms with Crippen molar-refractivity contribution in [3.8, 4) is 0 Å². The quantitative estimate of drug-likeness (QED) is 0.812. The zero-order chi connectivity index (χ0) is 14.2. The first kappa shape index (κ1) is 14.6. The van der Waals surface area contributed by atoms with Crippen LogP contribution in [-0.4, -0.2) is 0 Å². The van der Waals surface area contributed by atoms with E-state index in [1.807, 2.05) is 26.0 Å². The highest BCUT2D eigenvalue weighted by Crippen LogP contribution is 2.32. The van der Waals surface area contributed by atoms with E-state index in [-0.39, 0.29) is 6.04 Å². The van der Waals surface area contributed by atoms with Gasteiger partial charge in [0.15, 0.2) is 0 Å². The topological polar surface area (TPSA) is 26.0 Å². The van der Waals surface area contributed by atoms with E-state index < -0.39 is 0 Å². The monoisotopic (exact) mass is 337 g/mol. The SMILES string of the molecule is Cc1cc(C(N)c2cccc(C)c2Br)c(C)cc1Cl. The first-order valence-electron chi connectivity index (χ1n) is 6.19. The van der Waals surface area contributed by atoms with E-state index in [9.17, 15) is 0 Å². The molecule has 0 aromatic heterocycles. The molecule has 3 heteroatoms. The molecule has 0 amide bonds. The molecule has 2 aromatic carbocycles. The van der Waals surface area contributed by atoms with E-state index in [1.165, 1.54) is 5.56 Å². The summed E-state index contributed by atoms with van der Waals surface area (Å²) in [6.07, 6.45) is 0. The number of rotatable bonds is 2. The number of hydrogen-bond acceptors (Lipinski definition) is 1. The second kappa shape index (κ2) is 5.66. The molecule has 0 spiro atoms. The van der Waals surface area contributed by atoms with Gasteiger partial charge in [-0.2, -0.15) is 0 Å². The van der Waals surface area contributed by atoms with Crippen molar-refractivity contribution in [3.63, 3.8) is 0 Å². The molecule has 0 radical (unpaired) electrons. The third-order valence-electron chi connectivity index (χ3n) is 3.44. The molecule has 0 bridgehead atoms. The van der Waals surface area contributed by atoms with E-state index in [4.69, 9.17) is 17.3 Å². The lowest BCUT2D eigenvalue weighted by atomic mass is 9.93. The fraction of sp³-hybridized carbons (Fsp3) is 0.250. The fourth-order valence-electron chi connectivity index (χ4n) is 2.22. The fourth-order valence-corrected chi connectivity index (χ4v) is 2.95. The van der Waals surface area contributed by atoms with Crippen molar-refractivity contribution in [2.24, 2.45) is 5.73 Å². The predicted molar refractivity (Wildman–Crippen MR) is 85.8 cm³/mol. The van der Waals surface area contributed by atoms with Crippen LogP contribution in [0.1, 0.15) is 33.9 Å². The van der Waals surface area contributed by atoms with Gasteiger partial charge in [-0.15, -0.1) is 0 Å². The minimum Gasteiger partial charge on any atom is -0.320 e. The van der Waals surface area contributed by atoms with Gasteiger partial charge in [-0.25, -0.2) is 0 Å². The van der Waals surface area contributed by atoms with Gasteiger partial charge >= 0.3 is 0 Å². The largest absolute Gasteiger partial charge is 0.320 e. The molecule has 2 aromatic rings. The summed E-state index contributed by atoms with van der Waals surface area (Å²) in [7, 11) is 0. The Bertz CT molecular complexity index is 622. The number of nitrogens with two attached hydrogens (primary N) is 1. The standard InChI is InChI=1S/C16H17BrClN/c1-9-5-4-6-12(15(9)17)16(19)13-7-11(3)14(18)8-10(13)2/h4-8,16H,19H2,1-3H3. The minimum atomic E-state index is -0.148. The molecule has 1 atom stereocenters. The van der Waals surface area contributed by atoms with E-state index in [0.29, 0.717) is 0 Å². The second-order valence-electron chi connectivity index (χ2n) is 4.91. The number of halogens is 2. The Morgan fingerprint density at radius 3 is 2.37 bits per heavy atom. The van der Waals surface area contributed by atoms with Gasteiger partial charge in [0, 0.05) is 9.50 Å². The molecule has 0 fully saturated rings. The summed E-state index contributed by atoms with van der Waals surface area (Å²) < 4.78 is 1.08. The molecule has 1 nitrogen and oxygen atoms in total. The molecule has 19 heavy (non-hydrogen) atoms. The first-order chi connectivity index (χ1) is 8.91. The third kappa shape index (κ3) is 2.86. The third-order valence-corrected chi connectivity index (χ3v) is 4.93. The molecule has 2 rings (SSSR count). The molecule has 100 valence electrons. The van der Waals surface area contributed by atoms with Gasteiger partial charge in [-0.1, -0.05) is 51.8 Å². The Kier molecular flexibility index (Phi) is 4.34. The van der Waals surface area contributed by atoms with Crippen molar-refractivity contribution >= 4 is 27.5 Å². The van der Waals surface area contributed by atoms with Crippen LogP contribution in [0, 0.1) is 20.8 Å². The first-order valence-corrected chi connectivity index (χ1v) is 7.36. The van der Waals surface area contributed by atoms with Gasteiger partial charge in [0.1, 0.15) is 0 Å². The molecule has 0 saturated heterocycles. The van der Waals surface area contributed by atoms with Crippen molar-refractivity contribution in [2.75, 3.05) is 0 Å². The molecule has 2 N–H and O–H groups in total. The normalized spacial score (nSPS) is 12.5. The second-order valence-corrected chi connectivity index (χ2v) is 6.11. The Morgan fingerprint density at radius 1 is 1.00 bits per heavy atom. The van der Waals surface area contributed by atoms with Gasteiger partial charge in [-0.3, -0.25) is 0 Å². The molecule has 0 saturated carbocycles. The average molecular weight is 339 g/mol. The minimum absolute atomic E-state index is 0.148.